The predicted molar refractivity (Wildman–Crippen MR) is 119 cm³/mol. The number of hydrogen-bond donors (Lipinski definition) is 3. The van der Waals surface area contributed by atoms with E-state index in [1.807, 2.05) is 22.9 Å². The van der Waals surface area contributed by atoms with Crippen molar-refractivity contribution in [1.82, 2.24) is 24.4 Å². The van der Waals surface area contributed by atoms with E-state index in [-0.39, 0.29) is 11.4 Å². The van der Waals surface area contributed by atoms with Crippen LogP contribution in [-0.2, 0) is 6.54 Å². The standard InChI is InChI=1S/C22H24ClN5O2/c1-13(10-27-6-2-3-7-27)11-28-12-14-8-17-18(9-15(14)22(28)30)26-20(25-17)19-16(23)4-5-24-21(19)29/h4-5,8-9,12-13,30H,2-3,6-7,10-11H2,1H3,(H,24,29)(H,25,26). The van der Waals surface area contributed by atoms with E-state index in [2.05, 4.69) is 26.8 Å². The van der Waals surface area contributed by atoms with Gasteiger partial charge in [0.2, 0.25) is 0 Å². The summed E-state index contributed by atoms with van der Waals surface area (Å²) in [5.74, 6) is 1.11. The van der Waals surface area contributed by atoms with Gasteiger partial charge >= 0.3 is 0 Å². The monoisotopic (exact) mass is 425 g/mol. The molecule has 1 aliphatic rings. The van der Waals surface area contributed by atoms with Crippen LogP contribution in [0.5, 0.6) is 5.88 Å². The van der Waals surface area contributed by atoms with Crippen LogP contribution in [-0.4, -0.2) is 49.2 Å². The Morgan fingerprint density at radius 1 is 1.27 bits per heavy atom. The fourth-order valence-electron chi connectivity index (χ4n) is 4.49. The summed E-state index contributed by atoms with van der Waals surface area (Å²) in [4.78, 5) is 25.0. The van der Waals surface area contributed by atoms with Crippen molar-refractivity contribution in [2.45, 2.75) is 26.3 Å². The topological polar surface area (TPSA) is 89.9 Å². The number of benzene rings is 1. The van der Waals surface area contributed by atoms with Crippen molar-refractivity contribution in [3.63, 3.8) is 0 Å². The summed E-state index contributed by atoms with van der Waals surface area (Å²) in [5, 5.41) is 12.8. The summed E-state index contributed by atoms with van der Waals surface area (Å²) in [5.41, 5.74) is 1.48. The van der Waals surface area contributed by atoms with E-state index in [9.17, 15) is 9.90 Å². The maximum atomic E-state index is 12.2. The van der Waals surface area contributed by atoms with Gasteiger partial charge in [-0.25, -0.2) is 4.98 Å². The number of aromatic amines is 2. The number of halogens is 1. The van der Waals surface area contributed by atoms with Crippen LogP contribution in [0.3, 0.4) is 0 Å². The van der Waals surface area contributed by atoms with Crippen molar-refractivity contribution in [3.05, 3.63) is 46.0 Å². The molecule has 1 fully saturated rings. The third-order valence-electron chi connectivity index (χ3n) is 5.88. The van der Waals surface area contributed by atoms with Gasteiger partial charge in [-0.1, -0.05) is 18.5 Å². The number of fused-ring (bicyclic) bond motifs is 2. The lowest BCUT2D eigenvalue weighted by atomic mass is 10.1. The highest BCUT2D eigenvalue weighted by Gasteiger charge is 2.18. The zero-order valence-electron chi connectivity index (χ0n) is 16.8. The van der Waals surface area contributed by atoms with Crippen LogP contribution < -0.4 is 5.56 Å². The highest BCUT2D eigenvalue weighted by Crippen LogP contribution is 2.33. The molecular weight excluding hydrogens is 402 g/mol. The lowest BCUT2D eigenvalue weighted by Crippen LogP contribution is -2.27. The molecule has 0 spiro atoms. The number of aromatic nitrogens is 4. The van der Waals surface area contributed by atoms with Crippen LogP contribution in [0.4, 0.5) is 0 Å². The zero-order chi connectivity index (χ0) is 20.8. The number of nitrogens with one attached hydrogen (secondary N) is 2. The van der Waals surface area contributed by atoms with Crippen molar-refractivity contribution >= 4 is 33.4 Å². The predicted octanol–water partition coefficient (Wildman–Crippen LogP) is 3.96. The minimum absolute atomic E-state index is 0.250. The number of pyridine rings is 1. The number of rotatable bonds is 5. The number of hydrogen-bond acceptors (Lipinski definition) is 4. The van der Waals surface area contributed by atoms with E-state index in [1.54, 1.807) is 6.07 Å². The second kappa shape index (κ2) is 7.49. The van der Waals surface area contributed by atoms with Gasteiger partial charge < -0.3 is 24.5 Å². The Labute approximate surface area is 178 Å². The van der Waals surface area contributed by atoms with Crippen molar-refractivity contribution in [2.24, 2.45) is 5.92 Å². The normalized spacial score (nSPS) is 16.1. The number of H-pyrrole nitrogens is 2. The van der Waals surface area contributed by atoms with Crippen LogP contribution in [0.1, 0.15) is 19.8 Å². The van der Waals surface area contributed by atoms with Gasteiger partial charge in [-0.3, -0.25) is 4.79 Å². The summed E-state index contributed by atoms with van der Waals surface area (Å²) in [6.07, 6.45) is 6.05. The molecule has 0 aliphatic carbocycles. The van der Waals surface area contributed by atoms with Crippen molar-refractivity contribution < 1.29 is 5.11 Å². The van der Waals surface area contributed by atoms with Gasteiger partial charge in [0.1, 0.15) is 11.4 Å². The van der Waals surface area contributed by atoms with Crippen molar-refractivity contribution in [1.29, 1.82) is 0 Å². The molecule has 0 radical (unpaired) electrons. The molecular formula is C22H24ClN5O2. The van der Waals surface area contributed by atoms with E-state index < -0.39 is 0 Å². The Morgan fingerprint density at radius 2 is 2.07 bits per heavy atom. The Hall–Kier alpha value is -2.77. The van der Waals surface area contributed by atoms with Crippen LogP contribution >= 0.6 is 11.6 Å². The van der Waals surface area contributed by atoms with Crippen LogP contribution in [0.2, 0.25) is 5.02 Å². The number of aromatic hydroxyl groups is 1. The molecule has 1 atom stereocenters. The van der Waals surface area contributed by atoms with Crippen LogP contribution in [0, 0.1) is 5.92 Å². The number of nitrogens with zero attached hydrogens (tertiary/aromatic N) is 3. The average Bonchev–Trinajstić information content (AvgIpc) is 3.41. The molecule has 1 saturated heterocycles. The summed E-state index contributed by atoms with van der Waals surface area (Å²) in [6, 6.07) is 5.43. The Morgan fingerprint density at radius 3 is 2.83 bits per heavy atom. The summed E-state index contributed by atoms with van der Waals surface area (Å²) >= 11 is 6.20. The molecule has 3 N–H and O–H groups in total. The molecule has 5 rings (SSSR count). The minimum Gasteiger partial charge on any atom is -0.494 e. The molecule has 0 bridgehead atoms. The van der Waals surface area contributed by atoms with Gasteiger partial charge in [0.05, 0.1) is 16.1 Å². The molecule has 8 heteroatoms. The summed E-state index contributed by atoms with van der Waals surface area (Å²) in [6.45, 7) is 6.39. The summed E-state index contributed by atoms with van der Waals surface area (Å²) < 4.78 is 1.92. The molecule has 3 aromatic heterocycles. The van der Waals surface area contributed by atoms with Gasteiger partial charge in [-0.15, -0.1) is 0 Å². The molecule has 0 amide bonds. The third-order valence-corrected chi connectivity index (χ3v) is 6.20. The SMILES string of the molecule is CC(CN1CCCC1)Cn1cc2cc3[nH]c(-c4c(Cl)cc[nH]c4=O)nc3cc2c1O. The lowest BCUT2D eigenvalue weighted by molar-refractivity contribution is 0.266. The smallest absolute Gasteiger partial charge is 0.260 e. The molecule has 4 heterocycles. The first-order valence-electron chi connectivity index (χ1n) is 10.3. The van der Waals surface area contributed by atoms with Gasteiger partial charge in [0.15, 0.2) is 5.88 Å². The Balaban J connectivity index is 1.47. The van der Waals surface area contributed by atoms with Gasteiger partial charge in [-0.05, 0) is 50.0 Å². The maximum Gasteiger partial charge on any atom is 0.260 e. The number of imidazole rings is 1. The lowest BCUT2D eigenvalue weighted by Gasteiger charge is -2.20. The molecule has 1 aromatic carbocycles. The fourth-order valence-corrected chi connectivity index (χ4v) is 4.73. The van der Waals surface area contributed by atoms with E-state index in [1.165, 1.54) is 32.1 Å². The molecule has 0 saturated carbocycles. The molecule has 1 aliphatic heterocycles. The van der Waals surface area contributed by atoms with Crippen LogP contribution in [0.25, 0.3) is 33.2 Å². The zero-order valence-corrected chi connectivity index (χ0v) is 17.5. The van der Waals surface area contributed by atoms with E-state index in [0.29, 0.717) is 27.8 Å². The molecule has 4 aromatic rings. The second-order valence-corrected chi connectivity index (χ2v) is 8.70. The third kappa shape index (κ3) is 3.38. The number of likely N-dealkylation sites (tertiary alicyclic amines) is 1. The first-order valence-corrected chi connectivity index (χ1v) is 10.7. The minimum atomic E-state index is -0.298. The van der Waals surface area contributed by atoms with Crippen molar-refractivity contribution in [3.8, 4) is 17.3 Å². The van der Waals surface area contributed by atoms with Crippen molar-refractivity contribution in [2.75, 3.05) is 19.6 Å². The second-order valence-electron chi connectivity index (χ2n) is 8.29. The van der Waals surface area contributed by atoms with E-state index in [0.717, 1.165) is 29.4 Å². The van der Waals surface area contributed by atoms with Gasteiger partial charge in [0.25, 0.3) is 5.56 Å². The quantitative estimate of drug-likeness (QED) is 0.451. The van der Waals surface area contributed by atoms with E-state index >= 15 is 0 Å². The van der Waals surface area contributed by atoms with E-state index in [4.69, 9.17) is 11.6 Å². The molecule has 30 heavy (non-hydrogen) atoms. The highest BCUT2D eigenvalue weighted by molar-refractivity contribution is 6.33. The summed E-state index contributed by atoms with van der Waals surface area (Å²) in [7, 11) is 0. The van der Waals surface area contributed by atoms with Crippen LogP contribution in [0.15, 0.2) is 35.4 Å². The molecule has 156 valence electrons. The molecule has 1 unspecified atom stereocenters. The molecule has 7 nitrogen and oxygen atoms in total. The maximum absolute atomic E-state index is 12.2. The van der Waals surface area contributed by atoms with Gasteiger partial charge in [-0.2, -0.15) is 0 Å². The Kier molecular flexibility index (Phi) is 4.79. The highest BCUT2D eigenvalue weighted by atomic mass is 35.5. The first-order chi connectivity index (χ1) is 14.5. The largest absolute Gasteiger partial charge is 0.494 e. The average molecular weight is 426 g/mol. The fraction of sp³-hybridized carbons (Fsp3) is 0.364. The van der Waals surface area contributed by atoms with Gasteiger partial charge in [0, 0.05) is 36.3 Å². The first kappa shape index (κ1) is 19.2. The Bertz CT molecular complexity index is 1280.